The summed E-state index contributed by atoms with van der Waals surface area (Å²) >= 11 is 0. The topological polar surface area (TPSA) is 124 Å². The summed E-state index contributed by atoms with van der Waals surface area (Å²) in [5.41, 5.74) is 3.33. The molecule has 9 nitrogen and oxygen atoms in total. The Labute approximate surface area is 212 Å². The van der Waals surface area contributed by atoms with E-state index in [4.69, 9.17) is 14.7 Å². The van der Waals surface area contributed by atoms with Crippen LogP contribution in [0.4, 0.5) is 21.9 Å². The van der Waals surface area contributed by atoms with Crippen molar-refractivity contribution in [2.75, 3.05) is 49.0 Å². The number of carboxylic acids is 1. The molecule has 1 atom stereocenters. The fourth-order valence-electron chi connectivity index (χ4n) is 4.49. The van der Waals surface area contributed by atoms with Gasteiger partial charge in [0.05, 0.1) is 36.0 Å². The van der Waals surface area contributed by atoms with Gasteiger partial charge in [0.2, 0.25) is 0 Å². The minimum Gasteiger partial charge on any atom is -0.481 e. The molecule has 1 aliphatic heterocycles. The molecule has 1 aliphatic rings. The second-order valence-electron chi connectivity index (χ2n) is 8.83. The minimum absolute atomic E-state index is 0.0807. The van der Waals surface area contributed by atoms with Gasteiger partial charge in [-0.25, -0.2) is 4.79 Å². The SMILES string of the molecule is CCCN(c1ccc([C@H](COC)CC(=O)O)cc1NC(=O)Nc1ccc(C#N)cc1)C1CCOCC1. The minimum atomic E-state index is -0.913. The molecule has 192 valence electrons. The summed E-state index contributed by atoms with van der Waals surface area (Å²) in [5.74, 6) is -1.27. The first-order chi connectivity index (χ1) is 17.4. The first-order valence-electron chi connectivity index (χ1n) is 12.2. The van der Waals surface area contributed by atoms with Gasteiger partial charge >= 0.3 is 12.0 Å². The fraction of sp³-hybridized carbons (Fsp3) is 0.444. The molecule has 0 bridgehead atoms. The van der Waals surface area contributed by atoms with Gasteiger partial charge in [0, 0.05) is 44.5 Å². The summed E-state index contributed by atoms with van der Waals surface area (Å²) in [5, 5.41) is 24.2. The first kappa shape index (κ1) is 27.0. The second-order valence-corrected chi connectivity index (χ2v) is 8.83. The zero-order valence-electron chi connectivity index (χ0n) is 20.8. The van der Waals surface area contributed by atoms with E-state index < -0.39 is 12.0 Å². The van der Waals surface area contributed by atoms with E-state index in [1.165, 1.54) is 0 Å². The standard InChI is InChI=1S/C27H34N4O5/c1-3-12-31(23-10-13-36-14-11-23)25-9-6-20(21(18-35-2)16-26(32)33)15-24(25)30-27(34)29-22-7-4-19(17-28)5-8-22/h4-9,15,21,23H,3,10-14,16,18H2,1-2H3,(H,32,33)(H2,29,30,34)/t21-/m0/s1. The normalized spacial score (nSPS) is 14.5. The van der Waals surface area contributed by atoms with E-state index >= 15 is 0 Å². The van der Waals surface area contributed by atoms with Crippen LogP contribution in [0.25, 0.3) is 0 Å². The summed E-state index contributed by atoms with van der Waals surface area (Å²) in [6, 6.07) is 14.3. The second kappa shape index (κ2) is 13.5. The molecular weight excluding hydrogens is 460 g/mol. The van der Waals surface area contributed by atoms with Crippen molar-refractivity contribution < 1.29 is 24.2 Å². The lowest BCUT2D eigenvalue weighted by atomic mass is 9.95. The lowest BCUT2D eigenvalue weighted by molar-refractivity contribution is -0.137. The van der Waals surface area contributed by atoms with Gasteiger partial charge in [-0.05, 0) is 61.2 Å². The Kier molecular flexibility index (Phi) is 10.1. The van der Waals surface area contributed by atoms with E-state index in [0.717, 1.165) is 37.1 Å². The van der Waals surface area contributed by atoms with Crippen molar-refractivity contribution in [2.24, 2.45) is 0 Å². The Bertz CT molecular complexity index is 1060. The van der Waals surface area contributed by atoms with Crippen LogP contribution in [0.15, 0.2) is 42.5 Å². The van der Waals surface area contributed by atoms with Crippen molar-refractivity contribution >= 4 is 29.1 Å². The Hall–Kier alpha value is -3.61. The fourth-order valence-corrected chi connectivity index (χ4v) is 4.49. The van der Waals surface area contributed by atoms with Crippen LogP contribution in [-0.2, 0) is 14.3 Å². The number of ether oxygens (including phenoxy) is 2. The van der Waals surface area contributed by atoms with Crippen molar-refractivity contribution in [1.29, 1.82) is 5.26 Å². The van der Waals surface area contributed by atoms with Crippen molar-refractivity contribution in [3.05, 3.63) is 53.6 Å². The van der Waals surface area contributed by atoms with Gasteiger partial charge in [0.1, 0.15) is 0 Å². The molecule has 2 aromatic carbocycles. The van der Waals surface area contributed by atoms with Gasteiger partial charge < -0.3 is 30.1 Å². The third-order valence-electron chi connectivity index (χ3n) is 6.21. The third-order valence-corrected chi connectivity index (χ3v) is 6.21. The van der Waals surface area contributed by atoms with Gasteiger partial charge in [-0.1, -0.05) is 13.0 Å². The van der Waals surface area contributed by atoms with E-state index in [1.807, 2.05) is 18.2 Å². The number of carbonyl (C=O) groups excluding carboxylic acids is 1. The number of hydrogen-bond donors (Lipinski definition) is 3. The van der Waals surface area contributed by atoms with Crippen LogP contribution >= 0.6 is 0 Å². The summed E-state index contributed by atoms with van der Waals surface area (Å²) in [4.78, 5) is 26.8. The van der Waals surface area contributed by atoms with Crippen molar-refractivity contribution in [1.82, 2.24) is 0 Å². The molecule has 36 heavy (non-hydrogen) atoms. The maximum Gasteiger partial charge on any atom is 0.323 e. The summed E-state index contributed by atoms with van der Waals surface area (Å²) in [7, 11) is 1.54. The van der Waals surface area contributed by atoms with E-state index in [1.54, 1.807) is 31.4 Å². The molecule has 2 aromatic rings. The number of methoxy groups -OCH3 is 1. The number of carbonyl (C=O) groups is 2. The lowest BCUT2D eigenvalue weighted by Gasteiger charge is -2.37. The molecular formula is C27H34N4O5. The van der Waals surface area contributed by atoms with Crippen LogP contribution in [-0.4, -0.2) is 56.6 Å². The zero-order chi connectivity index (χ0) is 25.9. The van der Waals surface area contributed by atoms with Crippen molar-refractivity contribution in [3.63, 3.8) is 0 Å². The summed E-state index contributed by atoms with van der Waals surface area (Å²) < 4.78 is 10.8. The lowest BCUT2D eigenvalue weighted by Crippen LogP contribution is -2.40. The number of anilines is 3. The van der Waals surface area contributed by atoms with E-state index in [2.05, 4.69) is 28.5 Å². The van der Waals surface area contributed by atoms with E-state index in [-0.39, 0.29) is 25.0 Å². The summed E-state index contributed by atoms with van der Waals surface area (Å²) in [6.07, 6.45) is 2.64. The van der Waals surface area contributed by atoms with Crippen LogP contribution < -0.4 is 15.5 Å². The number of aliphatic carboxylic acids is 1. The van der Waals surface area contributed by atoms with Crippen LogP contribution in [0.1, 0.15) is 49.7 Å². The molecule has 1 heterocycles. The van der Waals surface area contributed by atoms with Crippen molar-refractivity contribution in [3.8, 4) is 6.07 Å². The highest BCUT2D eigenvalue weighted by Crippen LogP contribution is 2.34. The van der Waals surface area contributed by atoms with Gasteiger partial charge in [0.25, 0.3) is 0 Å². The smallest absolute Gasteiger partial charge is 0.323 e. The molecule has 0 aliphatic carbocycles. The molecule has 0 saturated carbocycles. The highest BCUT2D eigenvalue weighted by atomic mass is 16.5. The highest BCUT2D eigenvalue weighted by molar-refractivity contribution is 6.02. The number of amides is 2. The Morgan fingerprint density at radius 3 is 2.53 bits per heavy atom. The van der Waals surface area contributed by atoms with Crippen LogP contribution in [0.5, 0.6) is 0 Å². The van der Waals surface area contributed by atoms with Crippen LogP contribution in [0.3, 0.4) is 0 Å². The molecule has 0 spiro atoms. The average molecular weight is 495 g/mol. The molecule has 1 fully saturated rings. The Morgan fingerprint density at radius 2 is 1.92 bits per heavy atom. The molecule has 1 saturated heterocycles. The predicted molar refractivity (Wildman–Crippen MR) is 139 cm³/mol. The molecule has 3 rings (SSSR count). The number of nitrogens with zero attached hydrogens (tertiary/aromatic N) is 2. The molecule has 0 aromatic heterocycles. The van der Waals surface area contributed by atoms with Gasteiger partial charge in [-0.15, -0.1) is 0 Å². The number of rotatable bonds is 11. The Morgan fingerprint density at radius 1 is 1.19 bits per heavy atom. The molecule has 0 unspecified atom stereocenters. The summed E-state index contributed by atoms with van der Waals surface area (Å²) in [6.45, 7) is 4.57. The molecule has 3 N–H and O–H groups in total. The maximum atomic E-state index is 13.0. The third kappa shape index (κ3) is 7.44. The van der Waals surface area contributed by atoms with Gasteiger partial charge in [-0.2, -0.15) is 5.26 Å². The molecule has 9 heteroatoms. The maximum absolute atomic E-state index is 13.0. The quantitative estimate of drug-likeness (QED) is 0.410. The molecule has 0 radical (unpaired) electrons. The monoisotopic (exact) mass is 494 g/mol. The number of carboxylic acid groups (broad SMARTS) is 1. The van der Waals surface area contributed by atoms with Gasteiger partial charge in [-0.3, -0.25) is 4.79 Å². The van der Waals surface area contributed by atoms with Gasteiger partial charge in [0.15, 0.2) is 0 Å². The molecule has 2 amide bonds. The van der Waals surface area contributed by atoms with E-state index in [9.17, 15) is 14.7 Å². The number of urea groups is 1. The number of nitrogens with one attached hydrogen (secondary N) is 2. The average Bonchev–Trinajstić information content (AvgIpc) is 2.88. The van der Waals surface area contributed by atoms with E-state index in [0.29, 0.717) is 30.2 Å². The predicted octanol–water partition coefficient (Wildman–Crippen LogP) is 4.80. The zero-order valence-corrected chi connectivity index (χ0v) is 20.8. The van der Waals surface area contributed by atoms with Crippen molar-refractivity contribution in [2.45, 2.75) is 44.6 Å². The number of nitriles is 1. The first-order valence-corrected chi connectivity index (χ1v) is 12.2. The van der Waals surface area contributed by atoms with Crippen LogP contribution in [0, 0.1) is 11.3 Å². The number of hydrogen-bond acceptors (Lipinski definition) is 6. The number of benzene rings is 2. The Balaban J connectivity index is 1.94. The van der Waals surface area contributed by atoms with Crippen LogP contribution in [0.2, 0.25) is 0 Å². The largest absolute Gasteiger partial charge is 0.481 e. The highest BCUT2D eigenvalue weighted by Gasteiger charge is 2.25.